The molecular weight excluding hydrogens is 218 g/mol. The van der Waals surface area contributed by atoms with Crippen molar-refractivity contribution in [3.05, 3.63) is 30.0 Å². The molecule has 1 unspecified atom stereocenters. The molecule has 1 aromatic carbocycles. The lowest BCUT2D eigenvalue weighted by molar-refractivity contribution is 0.0717. The zero-order valence-corrected chi connectivity index (χ0v) is 9.77. The molecule has 0 aliphatic heterocycles. The maximum Gasteiger partial charge on any atom is 0.246 e. The lowest BCUT2D eigenvalue weighted by Gasteiger charge is -2.10. The van der Waals surface area contributed by atoms with E-state index < -0.39 is 0 Å². The largest absolute Gasteiger partial charge is 0.485 e. The van der Waals surface area contributed by atoms with Crippen molar-refractivity contribution in [1.29, 1.82) is 5.26 Å². The van der Waals surface area contributed by atoms with Gasteiger partial charge in [-0.25, -0.2) is 0 Å². The molecule has 4 heteroatoms. The van der Waals surface area contributed by atoms with E-state index in [4.69, 9.17) is 19.2 Å². The molecule has 17 heavy (non-hydrogen) atoms. The molecule has 1 heterocycles. The van der Waals surface area contributed by atoms with E-state index in [2.05, 4.69) is 0 Å². The number of methoxy groups -OCH3 is 1. The molecule has 4 nitrogen and oxygen atoms in total. The summed E-state index contributed by atoms with van der Waals surface area (Å²) in [5.41, 5.74) is 0.657. The molecule has 0 saturated carbocycles. The second-order valence-corrected chi connectivity index (χ2v) is 3.73. The number of benzene rings is 1. The summed E-state index contributed by atoms with van der Waals surface area (Å²) in [6, 6.07) is 9.41. The van der Waals surface area contributed by atoms with Crippen LogP contribution in [0.4, 0.5) is 0 Å². The Kier molecular flexibility index (Phi) is 3.31. The monoisotopic (exact) mass is 231 g/mol. The second kappa shape index (κ2) is 4.89. The number of nitriles is 1. The molecule has 0 N–H and O–H groups in total. The minimum Gasteiger partial charge on any atom is -0.485 e. The minimum absolute atomic E-state index is 0.0322. The number of hydrogen-bond acceptors (Lipinski definition) is 4. The molecule has 0 aliphatic carbocycles. The van der Waals surface area contributed by atoms with Crippen LogP contribution in [0.1, 0.15) is 12.7 Å². The topological polar surface area (TPSA) is 55.4 Å². The van der Waals surface area contributed by atoms with Crippen LogP contribution in [-0.4, -0.2) is 19.8 Å². The Morgan fingerprint density at radius 2 is 2.18 bits per heavy atom. The second-order valence-electron chi connectivity index (χ2n) is 3.73. The van der Waals surface area contributed by atoms with Crippen molar-refractivity contribution in [2.24, 2.45) is 0 Å². The molecule has 88 valence electrons. The molecule has 0 aliphatic rings. The van der Waals surface area contributed by atoms with E-state index in [1.807, 2.05) is 37.3 Å². The van der Waals surface area contributed by atoms with Gasteiger partial charge in [-0.3, -0.25) is 0 Å². The fourth-order valence-electron chi connectivity index (χ4n) is 1.51. The molecule has 1 aromatic heterocycles. The molecule has 0 saturated heterocycles. The van der Waals surface area contributed by atoms with E-state index in [1.165, 1.54) is 0 Å². The van der Waals surface area contributed by atoms with Crippen LogP contribution in [0.3, 0.4) is 0 Å². The van der Waals surface area contributed by atoms with Gasteiger partial charge in [0.05, 0.1) is 11.5 Å². The number of fused-ring (bicyclic) bond motifs is 1. The maximum atomic E-state index is 8.99. The van der Waals surface area contributed by atoms with Crippen LogP contribution in [-0.2, 0) is 4.74 Å². The summed E-state index contributed by atoms with van der Waals surface area (Å²) >= 11 is 0. The van der Waals surface area contributed by atoms with E-state index in [0.717, 1.165) is 5.39 Å². The number of rotatable bonds is 4. The van der Waals surface area contributed by atoms with E-state index in [0.29, 0.717) is 17.9 Å². The molecule has 0 fully saturated rings. The highest BCUT2D eigenvalue weighted by atomic mass is 16.5. The van der Waals surface area contributed by atoms with Gasteiger partial charge in [0.25, 0.3) is 0 Å². The quantitative estimate of drug-likeness (QED) is 0.811. The van der Waals surface area contributed by atoms with E-state index in [9.17, 15) is 0 Å². The molecule has 0 bridgehead atoms. The molecular formula is C13H13NO3. The van der Waals surface area contributed by atoms with Crippen molar-refractivity contribution in [1.82, 2.24) is 0 Å². The third kappa shape index (κ3) is 2.24. The van der Waals surface area contributed by atoms with Gasteiger partial charge in [-0.2, -0.15) is 5.26 Å². The summed E-state index contributed by atoms with van der Waals surface area (Å²) < 4.78 is 16.1. The summed E-state index contributed by atoms with van der Waals surface area (Å²) in [7, 11) is 1.62. The zero-order valence-electron chi connectivity index (χ0n) is 9.77. The van der Waals surface area contributed by atoms with Gasteiger partial charge < -0.3 is 13.9 Å². The van der Waals surface area contributed by atoms with Crippen molar-refractivity contribution in [2.75, 3.05) is 13.7 Å². The molecule has 1 atom stereocenters. The third-order valence-electron chi connectivity index (χ3n) is 2.52. The van der Waals surface area contributed by atoms with Crippen molar-refractivity contribution < 1.29 is 13.9 Å². The number of furan rings is 1. The predicted octanol–water partition coefficient (Wildman–Crippen LogP) is 2.72. The van der Waals surface area contributed by atoms with Crippen LogP contribution in [0.5, 0.6) is 5.75 Å². The lowest BCUT2D eigenvalue weighted by atomic mass is 10.2. The first kappa shape index (κ1) is 11.5. The Morgan fingerprint density at radius 1 is 1.41 bits per heavy atom. The van der Waals surface area contributed by atoms with Gasteiger partial charge in [0.2, 0.25) is 5.76 Å². The van der Waals surface area contributed by atoms with Crippen LogP contribution in [0.25, 0.3) is 11.0 Å². The van der Waals surface area contributed by atoms with Crippen LogP contribution in [0.15, 0.2) is 28.7 Å². The molecule has 0 amide bonds. The van der Waals surface area contributed by atoms with Crippen LogP contribution in [0.2, 0.25) is 0 Å². The average molecular weight is 231 g/mol. The Labute approximate surface area is 99.4 Å². The highest BCUT2D eigenvalue weighted by Crippen LogP contribution is 2.32. The van der Waals surface area contributed by atoms with Gasteiger partial charge in [-0.15, -0.1) is 0 Å². The van der Waals surface area contributed by atoms with Crippen LogP contribution in [0, 0.1) is 11.3 Å². The molecule has 2 rings (SSSR count). The third-order valence-corrected chi connectivity index (χ3v) is 2.52. The van der Waals surface area contributed by atoms with E-state index in [-0.39, 0.29) is 11.9 Å². The van der Waals surface area contributed by atoms with Gasteiger partial charge in [-0.1, -0.05) is 12.1 Å². The molecule has 0 radical (unpaired) electrons. The Balaban J connectivity index is 2.34. The summed E-state index contributed by atoms with van der Waals surface area (Å²) in [6.07, 6.45) is -0.0322. The molecule has 2 aromatic rings. The number of nitrogens with zero attached hydrogens (tertiary/aromatic N) is 1. The zero-order chi connectivity index (χ0) is 12.3. The first-order valence-corrected chi connectivity index (χ1v) is 5.33. The Bertz CT molecular complexity index is 553. The maximum absolute atomic E-state index is 8.99. The average Bonchev–Trinajstić information content (AvgIpc) is 2.73. The number of ether oxygens (including phenoxy) is 2. The summed E-state index contributed by atoms with van der Waals surface area (Å²) in [6.45, 7) is 2.28. The van der Waals surface area contributed by atoms with E-state index in [1.54, 1.807) is 7.11 Å². The van der Waals surface area contributed by atoms with E-state index >= 15 is 0 Å². The fourth-order valence-corrected chi connectivity index (χ4v) is 1.51. The Hall–Kier alpha value is -1.99. The normalized spacial score (nSPS) is 12.3. The van der Waals surface area contributed by atoms with Gasteiger partial charge in [0.15, 0.2) is 5.75 Å². The summed E-state index contributed by atoms with van der Waals surface area (Å²) in [5, 5.41) is 9.80. The van der Waals surface area contributed by atoms with Gasteiger partial charge in [0, 0.05) is 7.11 Å². The number of hydrogen-bond donors (Lipinski definition) is 0. The molecule has 0 spiro atoms. The van der Waals surface area contributed by atoms with Crippen molar-refractivity contribution >= 4 is 11.0 Å². The van der Waals surface area contributed by atoms with Crippen molar-refractivity contribution in [2.45, 2.75) is 13.0 Å². The summed E-state index contributed by atoms with van der Waals surface area (Å²) in [5.74, 6) is 0.696. The standard InChI is InChI=1S/C13H13NO3/c1-9(15-2)8-16-13-10-5-3-4-6-11(10)17-12(13)7-14/h3-6,9H,8H2,1-2H3. The summed E-state index contributed by atoms with van der Waals surface area (Å²) in [4.78, 5) is 0. The first-order chi connectivity index (χ1) is 8.26. The smallest absolute Gasteiger partial charge is 0.246 e. The van der Waals surface area contributed by atoms with Crippen LogP contribution < -0.4 is 4.74 Å². The highest BCUT2D eigenvalue weighted by Gasteiger charge is 2.15. The van der Waals surface area contributed by atoms with Crippen LogP contribution >= 0.6 is 0 Å². The van der Waals surface area contributed by atoms with Crippen molar-refractivity contribution in [3.63, 3.8) is 0 Å². The van der Waals surface area contributed by atoms with Crippen molar-refractivity contribution in [3.8, 4) is 11.8 Å². The van der Waals surface area contributed by atoms with Gasteiger partial charge in [-0.05, 0) is 19.1 Å². The fraction of sp³-hybridized carbons (Fsp3) is 0.308. The number of para-hydroxylation sites is 1. The SMILES string of the molecule is COC(C)COc1c(C#N)oc2ccccc12. The first-order valence-electron chi connectivity index (χ1n) is 5.33. The Morgan fingerprint density at radius 3 is 2.88 bits per heavy atom. The highest BCUT2D eigenvalue weighted by molar-refractivity contribution is 5.86. The van der Waals surface area contributed by atoms with Gasteiger partial charge in [0.1, 0.15) is 18.3 Å². The van der Waals surface area contributed by atoms with Gasteiger partial charge >= 0.3 is 0 Å². The predicted molar refractivity (Wildman–Crippen MR) is 62.9 cm³/mol. The lowest BCUT2D eigenvalue weighted by Crippen LogP contribution is -2.16. The minimum atomic E-state index is -0.0322.